The molecule has 0 amide bonds. The van der Waals surface area contributed by atoms with Gasteiger partial charge in [-0.3, -0.25) is 0 Å². The highest BCUT2D eigenvalue weighted by atomic mass is 32.2. The largest absolute Gasteiger partial charge is 0.464 e. The number of ether oxygens (including phenoxy) is 1. The summed E-state index contributed by atoms with van der Waals surface area (Å²) in [7, 11) is 0. The molecule has 0 heterocycles. The van der Waals surface area contributed by atoms with Crippen LogP contribution in [-0.4, -0.2) is 0 Å². The number of rotatable bonds is 5. The van der Waals surface area contributed by atoms with Gasteiger partial charge in [0.1, 0.15) is 17.4 Å². The number of thioether (sulfide) groups is 1. The topological polar surface area (TPSA) is 33.0 Å². The highest BCUT2D eigenvalue weighted by Gasteiger charge is 1.98. The fourth-order valence-electron chi connectivity index (χ4n) is 2.26. The van der Waals surface area contributed by atoms with Crippen molar-refractivity contribution >= 4 is 28.6 Å². The third-order valence-electron chi connectivity index (χ3n) is 3.44. The van der Waals surface area contributed by atoms with E-state index >= 15 is 0 Å². The molecular weight excluding hydrogens is 314 g/mol. The first-order valence-electron chi connectivity index (χ1n) is 7.50. The summed E-state index contributed by atoms with van der Waals surface area (Å²) in [5.74, 6) is 0.748. The van der Waals surface area contributed by atoms with E-state index in [4.69, 9.17) is 10.00 Å². The van der Waals surface area contributed by atoms with Crippen molar-refractivity contribution in [2.24, 2.45) is 0 Å². The molecule has 3 rings (SSSR count). The Morgan fingerprint density at radius 2 is 1.67 bits per heavy atom. The molecule has 0 atom stereocenters. The van der Waals surface area contributed by atoms with Crippen molar-refractivity contribution in [1.82, 2.24) is 0 Å². The van der Waals surface area contributed by atoms with E-state index in [0.717, 1.165) is 33.4 Å². The average Bonchev–Trinajstić information content (AvgIpc) is 2.64. The summed E-state index contributed by atoms with van der Waals surface area (Å²) in [5.41, 5.74) is 1.08. The lowest BCUT2D eigenvalue weighted by Gasteiger charge is -2.04. The summed E-state index contributed by atoms with van der Waals surface area (Å²) in [6.07, 6.45) is 5.45. The highest BCUT2D eigenvalue weighted by molar-refractivity contribution is 8.07. The zero-order chi connectivity index (χ0) is 16.6. The van der Waals surface area contributed by atoms with E-state index in [0.29, 0.717) is 0 Å². The smallest absolute Gasteiger partial charge is 0.138 e. The van der Waals surface area contributed by atoms with Gasteiger partial charge in [0.15, 0.2) is 0 Å². The first kappa shape index (κ1) is 15.9. The molecule has 0 fully saturated rings. The van der Waals surface area contributed by atoms with Crippen LogP contribution in [0.15, 0.2) is 90.0 Å². The molecule has 3 aromatic carbocycles. The summed E-state index contributed by atoms with van der Waals surface area (Å²) in [5, 5.41) is 13.3. The van der Waals surface area contributed by atoms with Gasteiger partial charge < -0.3 is 4.74 Å². The number of hydrogen-bond donors (Lipinski definition) is 0. The number of nitriles is 1. The summed E-state index contributed by atoms with van der Waals surface area (Å²) in [6.45, 7) is 0. The minimum absolute atomic E-state index is 0.745. The van der Waals surface area contributed by atoms with Gasteiger partial charge in [-0.15, -0.1) is 0 Å². The Hall–Kier alpha value is -2.96. The molecule has 0 radical (unpaired) electrons. The van der Waals surface area contributed by atoms with Gasteiger partial charge in [0.2, 0.25) is 0 Å². The maximum atomic E-state index is 8.96. The van der Waals surface area contributed by atoms with Crippen LogP contribution in [0, 0.1) is 10.7 Å². The van der Waals surface area contributed by atoms with Crippen molar-refractivity contribution in [3.8, 4) is 11.2 Å². The Kier molecular flexibility index (Phi) is 5.34. The van der Waals surface area contributed by atoms with Gasteiger partial charge in [-0.1, -0.05) is 66.7 Å². The fraction of sp³-hybridized carbons (Fsp3) is 0. The van der Waals surface area contributed by atoms with Crippen LogP contribution in [0.5, 0.6) is 5.75 Å². The quantitative estimate of drug-likeness (QED) is 0.327. The number of benzene rings is 3. The summed E-state index contributed by atoms with van der Waals surface area (Å²) < 4.78 is 5.73. The fourth-order valence-corrected chi connectivity index (χ4v) is 2.60. The predicted octanol–water partition coefficient (Wildman–Crippen LogP) is 5.99. The first-order chi connectivity index (χ1) is 11.8. The molecule has 2 nitrogen and oxygen atoms in total. The van der Waals surface area contributed by atoms with E-state index < -0.39 is 0 Å². The van der Waals surface area contributed by atoms with Crippen LogP contribution < -0.4 is 4.74 Å². The minimum atomic E-state index is 0.745. The molecule has 0 saturated carbocycles. The van der Waals surface area contributed by atoms with Crippen LogP contribution in [0.1, 0.15) is 5.56 Å². The normalized spacial score (nSPS) is 11.5. The summed E-state index contributed by atoms with van der Waals surface area (Å²) in [6, 6.07) is 24.0. The second-order valence-electron chi connectivity index (χ2n) is 5.08. The lowest BCUT2D eigenvalue weighted by molar-refractivity contribution is 0.481. The molecule has 0 aliphatic rings. The number of allylic oxidation sites excluding steroid dienone is 1. The van der Waals surface area contributed by atoms with Crippen LogP contribution in [0.3, 0.4) is 0 Å². The van der Waals surface area contributed by atoms with E-state index in [1.807, 2.05) is 78.9 Å². The Balaban J connectivity index is 1.77. The van der Waals surface area contributed by atoms with E-state index in [9.17, 15) is 0 Å². The van der Waals surface area contributed by atoms with Gasteiger partial charge in [-0.2, -0.15) is 5.26 Å². The number of fused-ring (bicyclic) bond motifs is 1. The molecule has 0 bridgehead atoms. The van der Waals surface area contributed by atoms with Gasteiger partial charge >= 0.3 is 0 Å². The molecule has 0 aliphatic carbocycles. The second-order valence-corrected chi connectivity index (χ2v) is 5.94. The molecule has 0 spiro atoms. The summed E-state index contributed by atoms with van der Waals surface area (Å²) >= 11 is 1.07. The van der Waals surface area contributed by atoms with Gasteiger partial charge in [-0.05, 0) is 46.3 Å². The van der Waals surface area contributed by atoms with Crippen molar-refractivity contribution in [2.45, 2.75) is 0 Å². The molecule has 0 N–H and O–H groups in total. The maximum Gasteiger partial charge on any atom is 0.138 e. The molecule has 0 unspecified atom stereocenters. The van der Waals surface area contributed by atoms with Crippen LogP contribution >= 0.6 is 11.8 Å². The molecule has 24 heavy (non-hydrogen) atoms. The predicted molar refractivity (Wildman–Crippen MR) is 101 cm³/mol. The molecule has 0 aromatic heterocycles. The third kappa shape index (κ3) is 4.28. The average molecular weight is 329 g/mol. The van der Waals surface area contributed by atoms with E-state index in [1.54, 1.807) is 6.26 Å². The number of nitrogens with zero attached hydrogens (tertiary/aromatic N) is 1. The molecule has 0 aliphatic heterocycles. The van der Waals surface area contributed by atoms with Gasteiger partial charge in [0.25, 0.3) is 0 Å². The van der Waals surface area contributed by atoms with Crippen molar-refractivity contribution in [3.05, 3.63) is 95.6 Å². The SMILES string of the molecule is N#CSC(C=Cc1ccccc1)=COc1ccc2ccccc2c1. The first-order valence-corrected chi connectivity index (χ1v) is 8.31. The second kappa shape index (κ2) is 8.05. The standard InChI is InChI=1S/C21H15NOS/c22-16-24-21(13-10-17-6-2-1-3-7-17)15-23-20-12-11-18-8-4-5-9-19(18)14-20/h1-15H. The zero-order valence-electron chi connectivity index (χ0n) is 12.9. The Bertz CT molecular complexity index is 923. The molecular formula is C21H15NOS. The number of hydrogen-bond acceptors (Lipinski definition) is 3. The monoisotopic (exact) mass is 329 g/mol. The molecule has 3 heteroatoms. The van der Waals surface area contributed by atoms with Crippen molar-refractivity contribution < 1.29 is 4.74 Å². The summed E-state index contributed by atoms with van der Waals surface area (Å²) in [4.78, 5) is 0.745. The van der Waals surface area contributed by atoms with Crippen LogP contribution in [0.2, 0.25) is 0 Å². The van der Waals surface area contributed by atoms with E-state index in [1.165, 1.54) is 5.39 Å². The van der Waals surface area contributed by atoms with E-state index in [-0.39, 0.29) is 0 Å². The van der Waals surface area contributed by atoms with Crippen LogP contribution in [0.25, 0.3) is 16.8 Å². The Morgan fingerprint density at radius 1 is 0.917 bits per heavy atom. The van der Waals surface area contributed by atoms with Crippen molar-refractivity contribution in [3.63, 3.8) is 0 Å². The van der Waals surface area contributed by atoms with Crippen LogP contribution in [0.4, 0.5) is 0 Å². The lowest BCUT2D eigenvalue weighted by Crippen LogP contribution is -1.84. The Labute approximate surface area is 145 Å². The molecule has 0 saturated heterocycles. The Morgan fingerprint density at radius 3 is 2.46 bits per heavy atom. The molecule has 3 aromatic rings. The lowest BCUT2D eigenvalue weighted by atomic mass is 10.1. The van der Waals surface area contributed by atoms with E-state index in [2.05, 4.69) is 11.5 Å². The maximum absolute atomic E-state index is 8.96. The van der Waals surface area contributed by atoms with Gasteiger partial charge in [-0.25, -0.2) is 0 Å². The highest BCUT2D eigenvalue weighted by Crippen LogP contribution is 2.23. The number of thiocyanates is 1. The van der Waals surface area contributed by atoms with Crippen molar-refractivity contribution in [1.29, 1.82) is 5.26 Å². The third-order valence-corrected chi connectivity index (χ3v) is 3.99. The minimum Gasteiger partial charge on any atom is -0.464 e. The van der Waals surface area contributed by atoms with Crippen molar-refractivity contribution in [2.75, 3.05) is 0 Å². The van der Waals surface area contributed by atoms with Crippen LogP contribution in [-0.2, 0) is 0 Å². The zero-order valence-corrected chi connectivity index (χ0v) is 13.7. The van der Waals surface area contributed by atoms with Gasteiger partial charge in [0.05, 0.1) is 4.91 Å². The molecule has 116 valence electrons. The van der Waals surface area contributed by atoms with Gasteiger partial charge in [0, 0.05) is 0 Å².